The van der Waals surface area contributed by atoms with Gasteiger partial charge in [-0.05, 0) is 18.1 Å². The summed E-state index contributed by atoms with van der Waals surface area (Å²) in [6, 6.07) is 3.74. The van der Waals surface area contributed by atoms with Crippen LogP contribution in [0.25, 0.3) is 0 Å². The third-order valence-electron chi connectivity index (χ3n) is 5.24. The van der Waals surface area contributed by atoms with Gasteiger partial charge in [0.05, 0.1) is 31.3 Å². The van der Waals surface area contributed by atoms with E-state index in [1.54, 1.807) is 0 Å². The van der Waals surface area contributed by atoms with Crippen molar-refractivity contribution in [2.24, 2.45) is 5.92 Å². The van der Waals surface area contributed by atoms with Gasteiger partial charge in [-0.1, -0.05) is 26.7 Å². The molecule has 1 atom stereocenters. The first-order valence-corrected chi connectivity index (χ1v) is 11.0. The van der Waals surface area contributed by atoms with Crippen LogP contribution in [0.3, 0.4) is 0 Å². The summed E-state index contributed by atoms with van der Waals surface area (Å²) >= 11 is 0. The lowest BCUT2D eigenvalue weighted by Crippen LogP contribution is -2.52. The minimum Gasteiger partial charge on any atom is -0.497 e. The first kappa shape index (κ1) is 22.5. The lowest BCUT2D eigenvalue weighted by Gasteiger charge is -2.38. The fraction of sp³-hybridized carbons (Fsp3) is 0.667. The Morgan fingerprint density at radius 3 is 2.46 bits per heavy atom. The van der Waals surface area contributed by atoms with Gasteiger partial charge in [0, 0.05) is 25.7 Å². The summed E-state index contributed by atoms with van der Waals surface area (Å²) in [7, 11) is -2.68. The van der Waals surface area contributed by atoms with E-state index in [1.807, 2.05) is 0 Å². The lowest BCUT2D eigenvalue weighted by atomic mass is 9.92. The predicted octanol–water partition coefficient (Wildman–Crippen LogP) is 2.02. The molecule has 0 amide bonds. The number of nitrogens with one attached hydrogen (secondary N) is 1. The number of methoxy groups -OCH3 is 1. The molecule has 1 aromatic carbocycles. The van der Waals surface area contributed by atoms with E-state index in [0.29, 0.717) is 19.1 Å². The molecule has 158 valence electrons. The van der Waals surface area contributed by atoms with Gasteiger partial charge in [-0.3, -0.25) is 15.0 Å². The fourth-order valence-corrected chi connectivity index (χ4v) is 4.80. The van der Waals surface area contributed by atoms with Crippen molar-refractivity contribution in [1.29, 1.82) is 0 Å². The van der Waals surface area contributed by atoms with Crippen LogP contribution in [0.1, 0.15) is 26.7 Å². The number of nitro benzene ring substituents is 1. The van der Waals surface area contributed by atoms with Crippen LogP contribution in [0.4, 0.5) is 5.69 Å². The zero-order chi connectivity index (χ0) is 20.7. The second kappa shape index (κ2) is 10.1. The molecule has 9 nitrogen and oxygen atoms in total. The maximum Gasteiger partial charge on any atom is 0.293 e. The third-order valence-corrected chi connectivity index (χ3v) is 6.71. The predicted molar refractivity (Wildman–Crippen MR) is 105 cm³/mol. The van der Waals surface area contributed by atoms with Crippen LogP contribution in [0.5, 0.6) is 5.75 Å². The smallest absolute Gasteiger partial charge is 0.293 e. The fourth-order valence-electron chi connectivity index (χ4n) is 3.60. The summed E-state index contributed by atoms with van der Waals surface area (Å²) in [6.07, 6.45) is 1.84. The Kier molecular flexibility index (Phi) is 8.17. The molecule has 1 fully saturated rings. The molecular weight excluding hydrogens is 386 g/mol. The molecule has 1 saturated heterocycles. The second-order valence-corrected chi connectivity index (χ2v) is 8.47. The number of rotatable bonds is 10. The van der Waals surface area contributed by atoms with Crippen molar-refractivity contribution in [1.82, 2.24) is 9.62 Å². The molecule has 1 N–H and O–H groups in total. The van der Waals surface area contributed by atoms with Crippen molar-refractivity contribution in [3.63, 3.8) is 0 Å². The molecule has 0 saturated carbocycles. The van der Waals surface area contributed by atoms with Gasteiger partial charge in [0.2, 0.25) is 10.0 Å². The van der Waals surface area contributed by atoms with E-state index < -0.39 is 20.6 Å². The van der Waals surface area contributed by atoms with Gasteiger partial charge in [-0.2, -0.15) is 0 Å². The van der Waals surface area contributed by atoms with Crippen LogP contribution >= 0.6 is 0 Å². The Hall–Kier alpha value is -1.75. The lowest BCUT2D eigenvalue weighted by molar-refractivity contribution is -0.387. The molecule has 0 bridgehead atoms. The Morgan fingerprint density at radius 1 is 1.29 bits per heavy atom. The quantitative estimate of drug-likeness (QED) is 0.460. The van der Waals surface area contributed by atoms with Gasteiger partial charge in [-0.25, -0.2) is 13.1 Å². The number of hydrogen-bond acceptors (Lipinski definition) is 7. The van der Waals surface area contributed by atoms with E-state index in [4.69, 9.17) is 9.47 Å². The topological polar surface area (TPSA) is 111 Å². The van der Waals surface area contributed by atoms with Crippen molar-refractivity contribution in [3.8, 4) is 5.75 Å². The van der Waals surface area contributed by atoms with Crippen LogP contribution in [0, 0.1) is 16.0 Å². The number of ether oxygens (including phenoxy) is 2. The van der Waals surface area contributed by atoms with Crippen LogP contribution < -0.4 is 9.46 Å². The van der Waals surface area contributed by atoms with Gasteiger partial charge in [-0.15, -0.1) is 0 Å². The van der Waals surface area contributed by atoms with E-state index in [0.717, 1.165) is 32.0 Å². The molecule has 1 aliphatic rings. The molecule has 28 heavy (non-hydrogen) atoms. The Bertz CT molecular complexity index is 761. The van der Waals surface area contributed by atoms with Crippen LogP contribution in [-0.2, 0) is 14.8 Å². The number of nitrogens with zero attached hydrogens (tertiary/aromatic N) is 2. The standard InChI is InChI=1S/C18H29N3O6S/c1-4-14(5-2)17(20-8-10-27-11-9-20)13-19-28(24,25)18-7-6-15(26-3)12-16(18)21(22)23/h6-7,12,14,17,19H,4-5,8-11,13H2,1-3H3. The highest BCUT2D eigenvalue weighted by molar-refractivity contribution is 7.89. The molecule has 1 heterocycles. The SMILES string of the molecule is CCC(CC)C(CNS(=O)(=O)c1ccc(OC)cc1[N+](=O)[O-])N1CCOCC1. The highest BCUT2D eigenvalue weighted by atomic mass is 32.2. The summed E-state index contributed by atoms with van der Waals surface area (Å²) in [5.41, 5.74) is -0.502. The molecule has 10 heteroatoms. The van der Waals surface area contributed by atoms with Crippen molar-refractivity contribution in [2.45, 2.75) is 37.6 Å². The van der Waals surface area contributed by atoms with E-state index in [2.05, 4.69) is 23.5 Å². The monoisotopic (exact) mass is 415 g/mol. The van der Waals surface area contributed by atoms with E-state index in [9.17, 15) is 18.5 Å². The summed E-state index contributed by atoms with van der Waals surface area (Å²) in [6.45, 7) is 7.09. The Morgan fingerprint density at radius 2 is 1.93 bits per heavy atom. The maximum atomic E-state index is 12.8. The number of sulfonamides is 1. The van der Waals surface area contributed by atoms with Crippen molar-refractivity contribution < 1.29 is 22.8 Å². The van der Waals surface area contributed by atoms with E-state index in [1.165, 1.54) is 19.2 Å². The van der Waals surface area contributed by atoms with E-state index in [-0.39, 0.29) is 23.2 Å². The minimum atomic E-state index is -4.05. The third kappa shape index (κ3) is 5.40. The number of hydrogen-bond donors (Lipinski definition) is 1. The molecule has 2 rings (SSSR count). The molecule has 0 spiro atoms. The average molecular weight is 416 g/mol. The van der Waals surface area contributed by atoms with Gasteiger partial charge in [0.25, 0.3) is 5.69 Å². The number of benzene rings is 1. The zero-order valence-corrected chi connectivity index (χ0v) is 17.4. The molecular formula is C18H29N3O6S. The second-order valence-electron chi connectivity index (χ2n) is 6.73. The molecule has 0 aliphatic carbocycles. The molecule has 0 radical (unpaired) electrons. The summed E-state index contributed by atoms with van der Waals surface area (Å²) < 4.78 is 38.7. The molecule has 1 aliphatic heterocycles. The van der Waals surface area contributed by atoms with Gasteiger partial charge >= 0.3 is 0 Å². The first-order chi connectivity index (χ1) is 13.3. The van der Waals surface area contributed by atoms with Crippen molar-refractivity contribution in [2.75, 3.05) is 40.0 Å². The highest BCUT2D eigenvalue weighted by Crippen LogP contribution is 2.28. The first-order valence-electron chi connectivity index (χ1n) is 9.47. The summed E-state index contributed by atoms with van der Waals surface area (Å²) in [5, 5.41) is 11.4. The maximum absolute atomic E-state index is 12.8. The highest BCUT2D eigenvalue weighted by Gasteiger charge is 2.31. The van der Waals surface area contributed by atoms with Gasteiger partial charge in [0.15, 0.2) is 4.90 Å². The summed E-state index contributed by atoms with van der Waals surface area (Å²) in [4.78, 5) is 12.5. The largest absolute Gasteiger partial charge is 0.497 e. The van der Waals surface area contributed by atoms with E-state index >= 15 is 0 Å². The minimum absolute atomic E-state index is 0.00554. The van der Waals surface area contributed by atoms with Gasteiger partial charge < -0.3 is 9.47 Å². The average Bonchev–Trinajstić information content (AvgIpc) is 2.71. The Balaban J connectivity index is 2.25. The van der Waals surface area contributed by atoms with Crippen LogP contribution in [0.2, 0.25) is 0 Å². The number of morpholine rings is 1. The number of nitro groups is 1. The molecule has 1 unspecified atom stereocenters. The van der Waals surface area contributed by atoms with Crippen LogP contribution in [0.15, 0.2) is 23.1 Å². The Labute approximate surface area is 166 Å². The summed E-state index contributed by atoms with van der Waals surface area (Å²) in [5.74, 6) is 0.542. The van der Waals surface area contributed by atoms with Crippen LogP contribution in [-0.4, -0.2) is 64.2 Å². The van der Waals surface area contributed by atoms with Crippen molar-refractivity contribution in [3.05, 3.63) is 28.3 Å². The molecule has 0 aromatic heterocycles. The van der Waals surface area contributed by atoms with Gasteiger partial charge in [0.1, 0.15) is 5.75 Å². The molecule has 1 aromatic rings. The van der Waals surface area contributed by atoms with Crippen molar-refractivity contribution >= 4 is 15.7 Å². The zero-order valence-electron chi connectivity index (χ0n) is 16.6. The normalized spacial score (nSPS) is 16.9.